The lowest BCUT2D eigenvalue weighted by atomic mass is 10.1. The second kappa shape index (κ2) is 11.1. The number of rotatable bonds is 6. The number of carbonyl (C=O) groups is 1. The van der Waals surface area contributed by atoms with E-state index < -0.39 is 6.03 Å². The number of nitrogens with zero attached hydrogens (tertiary/aromatic N) is 3. The molecule has 166 valence electrons. The van der Waals surface area contributed by atoms with Crippen molar-refractivity contribution in [3.05, 3.63) is 76.6 Å². The summed E-state index contributed by atoms with van der Waals surface area (Å²) in [7, 11) is 1.63. The highest BCUT2D eigenvalue weighted by molar-refractivity contribution is 6.30. The van der Waals surface area contributed by atoms with Gasteiger partial charge in [-0.3, -0.25) is 15.6 Å². The Labute approximate surface area is 192 Å². The van der Waals surface area contributed by atoms with E-state index in [1.165, 1.54) is 0 Å². The molecule has 3 aromatic rings. The average molecular weight is 453 g/mol. The Balaban J connectivity index is 1.70. The van der Waals surface area contributed by atoms with Crippen LogP contribution in [0.3, 0.4) is 0 Å². The Hall–Kier alpha value is -3.65. The molecular weight excluding hydrogens is 428 g/mol. The zero-order valence-electron chi connectivity index (χ0n) is 18.1. The van der Waals surface area contributed by atoms with Crippen molar-refractivity contribution in [1.82, 2.24) is 15.3 Å². The number of urea groups is 1. The van der Waals surface area contributed by atoms with E-state index in [4.69, 9.17) is 16.3 Å². The Morgan fingerprint density at radius 2 is 1.66 bits per heavy atom. The number of aryl methyl sites for hydroxylation is 2. The van der Waals surface area contributed by atoms with Gasteiger partial charge in [0.05, 0.1) is 7.11 Å². The molecule has 32 heavy (non-hydrogen) atoms. The molecule has 0 saturated heterocycles. The molecule has 0 saturated carbocycles. The second-order valence-electron chi connectivity index (χ2n) is 7.01. The molecule has 3 N–H and O–H groups in total. The standard InChI is InChI=1S/C23H25ClN6O2/c1-15-14-16(2)27-22(26-15)29-21(25-13-12-17-4-10-20(32-3)11-5-17)30-23(31)28-19-8-6-18(24)7-9-19/h4-11,14H,12-13H2,1-3H3,(H3,25,26,27,28,29,30,31). The summed E-state index contributed by atoms with van der Waals surface area (Å²) in [6, 6.07) is 16.0. The van der Waals surface area contributed by atoms with Crippen LogP contribution in [0, 0.1) is 13.8 Å². The van der Waals surface area contributed by atoms with Crippen LogP contribution in [0.25, 0.3) is 0 Å². The number of amides is 2. The van der Waals surface area contributed by atoms with Crippen LogP contribution in [0.4, 0.5) is 16.4 Å². The number of hydrogen-bond donors (Lipinski definition) is 3. The van der Waals surface area contributed by atoms with Crippen LogP contribution in [-0.2, 0) is 6.42 Å². The number of aromatic nitrogens is 2. The fourth-order valence-electron chi connectivity index (χ4n) is 2.89. The van der Waals surface area contributed by atoms with Gasteiger partial charge < -0.3 is 10.1 Å². The van der Waals surface area contributed by atoms with E-state index in [0.717, 1.165) is 22.7 Å². The lowest BCUT2D eigenvalue weighted by Gasteiger charge is -2.12. The first-order valence-electron chi connectivity index (χ1n) is 10.0. The summed E-state index contributed by atoms with van der Waals surface area (Å²) in [4.78, 5) is 25.7. The number of hydrogen-bond acceptors (Lipinski definition) is 5. The predicted molar refractivity (Wildman–Crippen MR) is 128 cm³/mol. The third kappa shape index (κ3) is 7.24. The van der Waals surface area contributed by atoms with Crippen molar-refractivity contribution in [3.63, 3.8) is 0 Å². The SMILES string of the molecule is COc1ccc(CCN=C(NC(=O)Nc2ccc(Cl)cc2)Nc2nc(C)cc(C)n2)cc1. The highest BCUT2D eigenvalue weighted by Crippen LogP contribution is 2.13. The topological polar surface area (TPSA) is 101 Å². The molecule has 0 bridgehead atoms. The highest BCUT2D eigenvalue weighted by atomic mass is 35.5. The van der Waals surface area contributed by atoms with Gasteiger partial charge in [-0.2, -0.15) is 0 Å². The van der Waals surface area contributed by atoms with Crippen molar-refractivity contribution in [3.8, 4) is 5.75 Å². The normalized spacial score (nSPS) is 11.1. The number of nitrogens with one attached hydrogen (secondary N) is 3. The molecule has 0 aliphatic rings. The van der Waals surface area contributed by atoms with Crippen LogP contribution < -0.4 is 20.7 Å². The van der Waals surface area contributed by atoms with Gasteiger partial charge in [0.25, 0.3) is 0 Å². The fraction of sp³-hybridized carbons (Fsp3) is 0.217. The van der Waals surface area contributed by atoms with Gasteiger partial charge in [0.1, 0.15) is 5.75 Å². The number of guanidine groups is 1. The summed E-state index contributed by atoms with van der Waals surface area (Å²) in [6.07, 6.45) is 0.684. The van der Waals surface area contributed by atoms with Crippen LogP contribution in [0.1, 0.15) is 17.0 Å². The largest absolute Gasteiger partial charge is 0.497 e. The van der Waals surface area contributed by atoms with E-state index in [9.17, 15) is 4.79 Å². The zero-order valence-corrected chi connectivity index (χ0v) is 18.9. The number of aliphatic imine (C=N–C) groups is 1. The van der Waals surface area contributed by atoms with Crippen LogP contribution in [0.15, 0.2) is 59.6 Å². The van der Waals surface area contributed by atoms with Crippen LogP contribution in [0.2, 0.25) is 5.02 Å². The van der Waals surface area contributed by atoms with Gasteiger partial charge in [-0.1, -0.05) is 23.7 Å². The van der Waals surface area contributed by atoms with Crippen LogP contribution in [0.5, 0.6) is 5.75 Å². The monoisotopic (exact) mass is 452 g/mol. The molecule has 0 unspecified atom stereocenters. The third-order valence-corrected chi connectivity index (χ3v) is 4.63. The third-order valence-electron chi connectivity index (χ3n) is 4.38. The zero-order chi connectivity index (χ0) is 22.9. The molecule has 0 radical (unpaired) electrons. The number of carbonyl (C=O) groups excluding carboxylic acids is 1. The average Bonchev–Trinajstić information content (AvgIpc) is 2.75. The number of halogens is 1. The first kappa shape index (κ1) is 23.0. The molecule has 1 heterocycles. The Morgan fingerprint density at radius 1 is 1.00 bits per heavy atom. The smallest absolute Gasteiger partial charge is 0.326 e. The van der Waals surface area contributed by atoms with E-state index in [0.29, 0.717) is 29.6 Å². The van der Waals surface area contributed by atoms with Gasteiger partial charge in [-0.25, -0.2) is 14.8 Å². The Kier molecular flexibility index (Phi) is 7.99. The van der Waals surface area contributed by atoms with Crippen LogP contribution in [-0.4, -0.2) is 35.6 Å². The molecule has 0 fully saturated rings. The van der Waals surface area contributed by atoms with Crippen molar-refractivity contribution in [1.29, 1.82) is 0 Å². The molecule has 0 aliphatic carbocycles. The molecule has 1 aromatic heterocycles. The summed E-state index contributed by atoms with van der Waals surface area (Å²) in [6.45, 7) is 4.20. The molecule has 8 nitrogen and oxygen atoms in total. The van der Waals surface area contributed by atoms with Gasteiger partial charge in [0, 0.05) is 28.6 Å². The van der Waals surface area contributed by atoms with Gasteiger partial charge in [-0.15, -0.1) is 0 Å². The quantitative estimate of drug-likeness (QED) is 0.375. The molecular formula is C23H25ClN6O2. The maximum absolute atomic E-state index is 12.5. The minimum atomic E-state index is -0.451. The summed E-state index contributed by atoms with van der Waals surface area (Å²) < 4.78 is 5.18. The number of methoxy groups -OCH3 is 1. The van der Waals surface area contributed by atoms with E-state index in [2.05, 4.69) is 30.9 Å². The second-order valence-corrected chi connectivity index (χ2v) is 7.45. The first-order chi connectivity index (χ1) is 15.4. The van der Waals surface area contributed by atoms with Gasteiger partial charge in [0.15, 0.2) is 0 Å². The van der Waals surface area contributed by atoms with Crippen molar-refractivity contribution in [2.75, 3.05) is 24.3 Å². The Bertz CT molecular complexity index is 1060. The summed E-state index contributed by atoms with van der Waals surface area (Å²) in [5.74, 6) is 1.40. The molecule has 9 heteroatoms. The van der Waals surface area contributed by atoms with Crippen molar-refractivity contribution < 1.29 is 9.53 Å². The lowest BCUT2D eigenvalue weighted by molar-refractivity contribution is 0.256. The number of anilines is 2. The van der Waals surface area contributed by atoms with E-state index in [1.54, 1.807) is 31.4 Å². The van der Waals surface area contributed by atoms with Gasteiger partial charge in [0.2, 0.25) is 11.9 Å². The summed E-state index contributed by atoms with van der Waals surface area (Å²) in [5.41, 5.74) is 3.32. The van der Waals surface area contributed by atoms with Crippen LogP contribution >= 0.6 is 11.6 Å². The summed E-state index contributed by atoms with van der Waals surface area (Å²) in [5, 5.41) is 9.07. The molecule has 0 atom stereocenters. The first-order valence-corrected chi connectivity index (χ1v) is 10.4. The molecule has 0 spiro atoms. The number of ether oxygens (including phenoxy) is 1. The molecule has 2 aromatic carbocycles. The number of benzene rings is 2. The molecule has 0 aliphatic heterocycles. The van der Waals surface area contributed by atoms with E-state index in [-0.39, 0.29) is 5.96 Å². The lowest BCUT2D eigenvalue weighted by Crippen LogP contribution is -2.39. The van der Waals surface area contributed by atoms with Gasteiger partial charge >= 0.3 is 6.03 Å². The van der Waals surface area contributed by atoms with E-state index >= 15 is 0 Å². The van der Waals surface area contributed by atoms with Crippen molar-refractivity contribution >= 4 is 35.2 Å². The Morgan fingerprint density at radius 3 is 2.28 bits per heavy atom. The maximum Gasteiger partial charge on any atom is 0.326 e. The highest BCUT2D eigenvalue weighted by Gasteiger charge is 2.09. The minimum Gasteiger partial charge on any atom is -0.497 e. The molecule has 3 rings (SSSR count). The maximum atomic E-state index is 12.5. The molecule has 2 amide bonds. The van der Waals surface area contributed by atoms with Crippen molar-refractivity contribution in [2.45, 2.75) is 20.3 Å². The summed E-state index contributed by atoms with van der Waals surface area (Å²) >= 11 is 5.89. The van der Waals surface area contributed by atoms with E-state index in [1.807, 2.05) is 44.2 Å². The minimum absolute atomic E-state index is 0.245. The van der Waals surface area contributed by atoms with Crippen molar-refractivity contribution in [2.24, 2.45) is 4.99 Å². The predicted octanol–water partition coefficient (Wildman–Crippen LogP) is 4.59. The fourth-order valence-corrected chi connectivity index (χ4v) is 3.02. The van der Waals surface area contributed by atoms with Gasteiger partial charge in [-0.05, 0) is 68.3 Å².